The second kappa shape index (κ2) is 8.27. The number of hydrogen-bond acceptors (Lipinski definition) is 3. The van der Waals surface area contributed by atoms with Crippen molar-refractivity contribution in [2.45, 2.75) is 51.9 Å². The van der Waals surface area contributed by atoms with E-state index >= 15 is 0 Å². The molecule has 0 spiro atoms. The highest BCUT2D eigenvalue weighted by Gasteiger charge is 2.19. The third kappa shape index (κ3) is 4.34. The molecule has 1 aliphatic rings. The minimum Gasteiger partial charge on any atom is -0.497 e. The van der Waals surface area contributed by atoms with Crippen LogP contribution in [0.5, 0.6) is 5.75 Å². The molecule has 1 heterocycles. The lowest BCUT2D eigenvalue weighted by molar-refractivity contribution is 0.258. The summed E-state index contributed by atoms with van der Waals surface area (Å²) in [6.07, 6.45) is 13.4. The van der Waals surface area contributed by atoms with Gasteiger partial charge in [0.05, 0.1) is 7.11 Å². The van der Waals surface area contributed by atoms with Crippen molar-refractivity contribution in [3.63, 3.8) is 0 Å². The lowest BCUT2D eigenvalue weighted by Gasteiger charge is -2.27. The number of rotatable bonds is 6. The monoisotopic (exact) mass is 324 g/mol. The Hall–Kier alpha value is -1.90. The number of aromatic nitrogens is 2. The summed E-state index contributed by atoms with van der Waals surface area (Å²) in [5, 5.41) is 0. The number of methoxy groups -OCH3 is 1. The first-order valence-corrected chi connectivity index (χ1v) is 9.23. The average Bonchev–Trinajstić information content (AvgIpc) is 2.67. The molecule has 0 amide bonds. The fraction of sp³-hybridized carbons (Fsp3) is 0.524. The molecular formula is C21H28N2O. The van der Waals surface area contributed by atoms with Crippen LogP contribution in [0.15, 0.2) is 36.7 Å². The van der Waals surface area contributed by atoms with Crippen molar-refractivity contribution in [3.8, 4) is 17.1 Å². The van der Waals surface area contributed by atoms with E-state index in [0.29, 0.717) is 0 Å². The molecule has 0 saturated heterocycles. The van der Waals surface area contributed by atoms with Gasteiger partial charge in [-0.15, -0.1) is 0 Å². The molecule has 3 rings (SSSR count). The molecule has 3 nitrogen and oxygen atoms in total. The zero-order valence-electron chi connectivity index (χ0n) is 14.9. The molecule has 2 aromatic rings. The SMILES string of the molecule is CCC1CCC(CCc2cnc(-c3ccc(OC)cc3)nc2)CC1. The fourth-order valence-electron chi connectivity index (χ4n) is 3.67. The summed E-state index contributed by atoms with van der Waals surface area (Å²) < 4.78 is 5.19. The maximum Gasteiger partial charge on any atom is 0.159 e. The molecule has 1 aromatic carbocycles. The highest BCUT2D eigenvalue weighted by atomic mass is 16.5. The number of ether oxygens (including phenoxy) is 1. The molecule has 0 radical (unpaired) electrons. The average molecular weight is 324 g/mol. The van der Waals surface area contributed by atoms with Gasteiger partial charge in [-0.05, 0) is 54.5 Å². The quantitative estimate of drug-likeness (QED) is 0.723. The first kappa shape index (κ1) is 16.9. The van der Waals surface area contributed by atoms with Crippen LogP contribution in [0.1, 0.15) is 51.0 Å². The van der Waals surface area contributed by atoms with Gasteiger partial charge < -0.3 is 4.74 Å². The van der Waals surface area contributed by atoms with E-state index in [1.54, 1.807) is 7.11 Å². The van der Waals surface area contributed by atoms with Crippen molar-refractivity contribution >= 4 is 0 Å². The summed E-state index contributed by atoms with van der Waals surface area (Å²) in [5.74, 6) is 3.51. The Kier molecular flexibility index (Phi) is 5.84. The molecule has 1 aliphatic carbocycles. The Morgan fingerprint density at radius 1 is 0.958 bits per heavy atom. The Balaban J connectivity index is 1.53. The van der Waals surface area contributed by atoms with Crippen LogP contribution >= 0.6 is 0 Å². The summed E-state index contributed by atoms with van der Waals surface area (Å²) in [5.41, 5.74) is 2.28. The van der Waals surface area contributed by atoms with Gasteiger partial charge in [-0.25, -0.2) is 9.97 Å². The van der Waals surface area contributed by atoms with Crippen molar-refractivity contribution in [2.75, 3.05) is 7.11 Å². The van der Waals surface area contributed by atoms with Gasteiger partial charge in [0.1, 0.15) is 5.75 Å². The standard InChI is InChI=1S/C21H28N2O/c1-3-16-4-6-17(7-5-16)8-9-18-14-22-21(23-15-18)19-10-12-20(24-2)13-11-19/h10-17H,3-9H2,1-2H3. The Bertz CT molecular complexity index is 613. The van der Waals surface area contributed by atoms with E-state index < -0.39 is 0 Å². The van der Waals surface area contributed by atoms with Crippen LogP contribution in [-0.4, -0.2) is 17.1 Å². The van der Waals surface area contributed by atoms with Gasteiger partial charge >= 0.3 is 0 Å². The van der Waals surface area contributed by atoms with Crippen LogP contribution in [0.25, 0.3) is 11.4 Å². The molecule has 1 saturated carbocycles. The summed E-state index contributed by atoms with van der Waals surface area (Å²) >= 11 is 0. The number of nitrogens with zero attached hydrogens (tertiary/aromatic N) is 2. The van der Waals surface area contributed by atoms with Crippen molar-refractivity contribution in [3.05, 3.63) is 42.2 Å². The molecule has 1 aromatic heterocycles. The molecule has 0 atom stereocenters. The minimum absolute atomic E-state index is 0.782. The number of hydrogen-bond donors (Lipinski definition) is 0. The molecule has 1 fully saturated rings. The van der Waals surface area contributed by atoms with Crippen LogP contribution < -0.4 is 4.74 Å². The van der Waals surface area contributed by atoms with Gasteiger partial charge in [0.2, 0.25) is 0 Å². The Labute approximate surface area is 145 Å². The van der Waals surface area contributed by atoms with E-state index in [1.165, 1.54) is 44.1 Å². The fourth-order valence-corrected chi connectivity index (χ4v) is 3.67. The van der Waals surface area contributed by atoms with Crippen LogP contribution in [0.4, 0.5) is 0 Å². The summed E-state index contributed by atoms with van der Waals surface area (Å²) in [6.45, 7) is 2.33. The van der Waals surface area contributed by atoms with E-state index in [4.69, 9.17) is 4.74 Å². The Morgan fingerprint density at radius 2 is 1.58 bits per heavy atom. The highest BCUT2D eigenvalue weighted by Crippen LogP contribution is 2.33. The maximum atomic E-state index is 5.19. The van der Waals surface area contributed by atoms with E-state index in [0.717, 1.165) is 35.4 Å². The largest absolute Gasteiger partial charge is 0.497 e. The van der Waals surface area contributed by atoms with E-state index in [1.807, 2.05) is 36.7 Å². The second-order valence-electron chi connectivity index (χ2n) is 6.98. The zero-order valence-corrected chi connectivity index (χ0v) is 14.9. The second-order valence-corrected chi connectivity index (χ2v) is 6.98. The summed E-state index contributed by atoms with van der Waals surface area (Å²) in [6, 6.07) is 7.89. The van der Waals surface area contributed by atoms with Crippen molar-refractivity contribution in [1.29, 1.82) is 0 Å². The van der Waals surface area contributed by atoms with Crippen molar-refractivity contribution < 1.29 is 4.74 Å². The molecular weight excluding hydrogens is 296 g/mol. The zero-order chi connectivity index (χ0) is 16.8. The molecule has 3 heteroatoms. The third-order valence-corrected chi connectivity index (χ3v) is 5.44. The van der Waals surface area contributed by atoms with Gasteiger partial charge in [0.25, 0.3) is 0 Å². The van der Waals surface area contributed by atoms with Crippen LogP contribution in [0, 0.1) is 11.8 Å². The van der Waals surface area contributed by atoms with Gasteiger partial charge in [0.15, 0.2) is 5.82 Å². The predicted molar refractivity (Wildman–Crippen MR) is 98.1 cm³/mol. The third-order valence-electron chi connectivity index (χ3n) is 5.44. The molecule has 0 aliphatic heterocycles. The van der Waals surface area contributed by atoms with Crippen LogP contribution in [0.3, 0.4) is 0 Å². The molecule has 24 heavy (non-hydrogen) atoms. The summed E-state index contributed by atoms with van der Waals surface area (Å²) in [7, 11) is 1.68. The van der Waals surface area contributed by atoms with E-state index in [9.17, 15) is 0 Å². The number of aryl methyl sites for hydroxylation is 1. The lowest BCUT2D eigenvalue weighted by atomic mass is 9.79. The van der Waals surface area contributed by atoms with Gasteiger partial charge in [-0.3, -0.25) is 0 Å². The topological polar surface area (TPSA) is 35.0 Å². The van der Waals surface area contributed by atoms with Crippen molar-refractivity contribution in [1.82, 2.24) is 9.97 Å². The first-order valence-electron chi connectivity index (χ1n) is 9.23. The normalized spacial score (nSPS) is 20.8. The lowest BCUT2D eigenvalue weighted by Crippen LogP contribution is -2.14. The smallest absolute Gasteiger partial charge is 0.159 e. The first-order chi connectivity index (χ1) is 11.8. The van der Waals surface area contributed by atoms with E-state index in [-0.39, 0.29) is 0 Å². The van der Waals surface area contributed by atoms with Crippen LogP contribution in [-0.2, 0) is 6.42 Å². The highest BCUT2D eigenvalue weighted by molar-refractivity contribution is 5.55. The van der Waals surface area contributed by atoms with Gasteiger partial charge in [0, 0.05) is 18.0 Å². The van der Waals surface area contributed by atoms with Gasteiger partial charge in [-0.1, -0.05) is 39.0 Å². The molecule has 0 unspecified atom stereocenters. The van der Waals surface area contributed by atoms with Crippen molar-refractivity contribution in [2.24, 2.45) is 11.8 Å². The van der Waals surface area contributed by atoms with Crippen LogP contribution in [0.2, 0.25) is 0 Å². The predicted octanol–water partition coefficient (Wildman–Crippen LogP) is 5.30. The van der Waals surface area contributed by atoms with E-state index in [2.05, 4.69) is 16.9 Å². The Morgan fingerprint density at radius 3 is 2.17 bits per heavy atom. The molecule has 0 bridgehead atoms. The minimum atomic E-state index is 0.782. The molecule has 128 valence electrons. The number of benzene rings is 1. The van der Waals surface area contributed by atoms with Gasteiger partial charge in [-0.2, -0.15) is 0 Å². The maximum absolute atomic E-state index is 5.19. The molecule has 0 N–H and O–H groups in total. The summed E-state index contributed by atoms with van der Waals surface area (Å²) in [4.78, 5) is 9.08.